The number of thiocarbonyl (C=S) groups is 1. The molecule has 4 N–H and O–H groups in total. The molecule has 1 saturated heterocycles. The van der Waals surface area contributed by atoms with Crippen molar-refractivity contribution >= 4 is 28.9 Å². The average Bonchev–Trinajstić information content (AvgIpc) is 2.85. The van der Waals surface area contributed by atoms with Gasteiger partial charge in [0.25, 0.3) is 0 Å². The third-order valence-electron chi connectivity index (χ3n) is 3.70. The number of ether oxygens (including phenoxy) is 1. The maximum absolute atomic E-state index is 12.3. The van der Waals surface area contributed by atoms with E-state index in [1.165, 1.54) is 6.20 Å². The first-order chi connectivity index (χ1) is 8.91. The zero-order valence-corrected chi connectivity index (χ0v) is 12.0. The highest BCUT2D eigenvalue weighted by Gasteiger charge is 2.41. The van der Waals surface area contributed by atoms with Crippen LogP contribution in [-0.4, -0.2) is 33.3 Å². The molecule has 1 fully saturated rings. The summed E-state index contributed by atoms with van der Waals surface area (Å²) in [6.45, 7) is 5.90. The number of anilines is 1. The largest absolute Gasteiger partial charge is 0.389 e. The van der Waals surface area contributed by atoms with E-state index in [0.717, 1.165) is 0 Å². The summed E-state index contributed by atoms with van der Waals surface area (Å²) in [6.07, 6.45) is 1.46. The zero-order chi connectivity index (χ0) is 14.2. The Morgan fingerprint density at radius 1 is 1.47 bits per heavy atom. The Balaban J connectivity index is 2.13. The Morgan fingerprint density at radius 2 is 2.16 bits per heavy atom. The van der Waals surface area contributed by atoms with E-state index in [1.807, 2.05) is 20.8 Å². The van der Waals surface area contributed by atoms with Gasteiger partial charge in [0.1, 0.15) is 10.8 Å². The number of aromatic amines is 1. The molecule has 1 aliphatic heterocycles. The van der Waals surface area contributed by atoms with Gasteiger partial charge in [-0.05, 0) is 19.8 Å². The Bertz CT molecular complexity index is 502. The van der Waals surface area contributed by atoms with Crippen LogP contribution in [0.5, 0.6) is 0 Å². The van der Waals surface area contributed by atoms with E-state index < -0.39 is 0 Å². The Labute approximate surface area is 117 Å². The number of rotatable bonds is 3. The predicted octanol–water partition coefficient (Wildman–Crippen LogP) is 1.04. The van der Waals surface area contributed by atoms with Crippen LogP contribution in [0.15, 0.2) is 6.20 Å². The van der Waals surface area contributed by atoms with Crippen molar-refractivity contribution in [2.24, 2.45) is 17.6 Å². The summed E-state index contributed by atoms with van der Waals surface area (Å²) in [6, 6.07) is 0. The lowest BCUT2D eigenvalue weighted by Crippen LogP contribution is -2.32. The summed E-state index contributed by atoms with van der Waals surface area (Å²) in [7, 11) is 0. The second kappa shape index (κ2) is 5.26. The highest BCUT2D eigenvalue weighted by atomic mass is 32.1. The summed E-state index contributed by atoms with van der Waals surface area (Å²) >= 11 is 4.90. The van der Waals surface area contributed by atoms with Gasteiger partial charge >= 0.3 is 0 Å². The van der Waals surface area contributed by atoms with Crippen LogP contribution in [0.4, 0.5) is 5.82 Å². The topological polar surface area (TPSA) is 93.0 Å². The van der Waals surface area contributed by atoms with Crippen molar-refractivity contribution in [3.63, 3.8) is 0 Å². The first-order valence-corrected chi connectivity index (χ1v) is 6.62. The van der Waals surface area contributed by atoms with E-state index in [-0.39, 0.29) is 34.9 Å². The Hall–Kier alpha value is -1.47. The van der Waals surface area contributed by atoms with Gasteiger partial charge < -0.3 is 15.8 Å². The fourth-order valence-electron chi connectivity index (χ4n) is 2.49. The molecule has 0 aliphatic carbocycles. The molecule has 2 heterocycles. The molecule has 1 amide bonds. The molecule has 7 heteroatoms. The number of hydrogen-bond acceptors (Lipinski definition) is 4. The summed E-state index contributed by atoms with van der Waals surface area (Å²) in [5.74, 6) is 0.297. The smallest absolute Gasteiger partial charge is 0.231 e. The molecule has 0 saturated carbocycles. The quantitative estimate of drug-likeness (QED) is 0.720. The van der Waals surface area contributed by atoms with Crippen LogP contribution in [0.25, 0.3) is 0 Å². The van der Waals surface area contributed by atoms with Gasteiger partial charge in [0.15, 0.2) is 0 Å². The Kier molecular flexibility index (Phi) is 3.86. The maximum atomic E-state index is 12.3. The van der Waals surface area contributed by atoms with E-state index in [2.05, 4.69) is 15.5 Å². The number of amides is 1. The summed E-state index contributed by atoms with van der Waals surface area (Å²) in [4.78, 5) is 12.5. The molecule has 0 radical (unpaired) electrons. The number of aromatic nitrogens is 2. The van der Waals surface area contributed by atoms with Gasteiger partial charge in [0, 0.05) is 0 Å². The first-order valence-electron chi connectivity index (χ1n) is 6.21. The molecule has 1 aliphatic rings. The van der Waals surface area contributed by atoms with Gasteiger partial charge in [-0.25, -0.2) is 0 Å². The van der Waals surface area contributed by atoms with E-state index in [4.69, 9.17) is 22.7 Å². The number of hydrogen-bond donors (Lipinski definition) is 3. The zero-order valence-electron chi connectivity index (χ0n) is 11.1. The van der Waals surface area contributed by atoms with E-state index in [9.17, 15) is 4.79 Å². The molecular weight excluding hydrogens is 264 g/mol. The van der Waals surface area contributed by atoms with Crippen molar-refractivity contribution in [3.05, 3.63) is 11.8 Å². The Morgan fingerprint density at radius 3 is 2.68 bits per heavy atom. The van der Waals surface area contributed by atoms with Crippen LogP contribution in [-0.2, 0) is 9.53 Å². The standard InChI is InChI=1S/C12H18N4O2S/c1-5-6(2)18-7(3)9(5)12(17)15-11-8(10(13)19)4-14-16-11/h4-7,9H,1-3H3,(H2,13,19)(H2,14,15,16,17). The van der Waals surface area contributed by atoms with Crippen LogP contribution in [0, 0.1) is 11.8 Å². The summed E-state index contributed by atoms with van der Waals surface area (Å²) < 4.78 is 5.67. The third-order valence-corrected chi connectivity index (χ3v) is 3.92. The van der Waals surface area contributed by atoms with E-state index in [1.54, 1.807) is 0 Å². The molecule has 19 heavy (non-hydrogen) atoms. The molecule has 1 aromatic heterocycles. The van der Waals surface area contributed by atoms with Gasteiger partial charge in [0.2, 0.25) is 5.91 Å². The van der Waals surface area contributed by atoms with Crippen molar-refractivity contribution < 1.29 is 9.53 Å². The van der Waals surface area contributed by atoms with E-state index >= 15 is 0 Å². The summed E-state index contributed by atoms with van der Waals surface area (Å²) in [5.41, 5.74) is 6.10. The number of nitrogens with zero attached hydrogens (tertiary/aromatic N) is 1. The van der Waals surface area contributed by atoms with Crippen molar-refractivity contribution in [1.82, 2.24) is 10.2 Å². The molecule has 0 spiro atoms. The highest BCUT2D eigenvalue weighted by molar-refractivity contribution is 7.80. The molecule has 1 aromatic rings. The lowest BCUT2D eigenvalue weighted by atomic mass is 9.89. The van der Waals surface area contributed by atoms with Crippen LogP contribution < -0.4 is 11.1 Å². The van der Waals surface area contributed by atoms with Crippen molar-refractivity contribution in [3.8, 4) is 0 Å². The minimum atomic E-state index is -0.197. The predicted molar refractivity (Wildman–Crippen MR) is 75.8 cm³/mol. The molecule has 0 aromatic carbocycles. The van der Waals surface area contributed by atoms with Crippen LogP contribution in [0.3, 0.4) is 0 Å². The van der Waals surface area contributed by atoms with Crippen LogP contribution in [0.1, 0.15) is 26.3 Å². The molecule has 6 nitrogen and oxygen atoms in total. The second-order valence-corrected chi connectivity index (χ2v) is 5.38. The molecule has 0 bridgehead atoms. The minimum Gasteiger partial charge on any atom is -0.389 e. The third kappa shape index (κ3) is 2.62. The lowest BCUT2D eigenvalue weighted by molar-refractivity contribution is -0.122. The number of H-pyrrole nitrogens is 1. The monoisotopic (exact) mass is 282 g/mol. The number of carbonyl (C=O) groups excluding carboxylic acids is 1. The molecular formula is C12H18N4O2S. The number of nitrogens with one attached hydrogen (secondary N) is 2. The van der Waals surface area contributed by atoms with Crippen molar-refractivity contribution in [2.45, 2.75) is 33.0 Å². The molecule has 4 atom stereocenters. The highest BCUT2D eigenvalue weighted by Crippen LogP contribution is 2.33. The van der Waals surface area contributed by atoms with Crippen molar-refractivity contribution in [1.29, 1.82) is 0 Å². The first kappa shape index (κ1) is 14.0. The maximum Gasteiger partial charge on any atom is 0.231 e. The van der Waals surface area contributed by atoms with Crippen LogP contribution >= 0.6 is 12.2 Å². The average molecular weight is 282 g/mol. The van der Waals surface area contributed by atoms with Crippen LogP contribution in [0.2, 0.25) is 0 Å². The van der Waals surface area contributed by atoms with E-state index in [0.29, 0.717) is 11.4 Å². The fourth-order valence-corrected chi connectivity index (χ4v) is 2.65. The second-order valence-electron chi connectivity index (χ2n) is 4.94. The van der Waals surface area contributed by atoms with Gasteiger partial charge in [0.05, 0.1) is 29.9 Å². The lowest BCUT2D eigenvalue weighted by Gasteiger charge is -2.17. The molecule has 4 unspecified atom stereocenters. The molecule has 2 rings (SSSR count). The SMILES string of the molecule is CC1OC(C)C(C(=O)Nc2[nH]ncc2C(N)=S)C1C. The van der Waals surface area contributed by atoms with Gasteiger partial charge in [-0.1, -0.05) is 19.1 Å². The fraction of sp³-hybridized carbons (Fsp3) is 0.583. The summed E-state index contributed by atoms with van der Waals surface area (Å²) in [5, 5.41) is 9.32. The van der Waals surface area contributed by atoms with Gasteiger partial charge in [-0.3, -0.25) is 9.89 Å². The van der Waals surface area contributed by atoms with Crippen molar-refractivity contribution in [2.75, 3.05) is 5.32 Å². The number of carbonyl (C=O) groups is 1. The molecule has 104 valence electrons. The normalized spacial score (nSPS) is 30.3. The minimum absolute atomic E-state index is 0.0718. The van der Waals surface area contributed by atoms with Gasteiger partial charge in [-0.15, -0.1) is 0 Å². The number of nitrogens with two attached hydrogens (primary N) is 1. The van der Waals surface area contributed by atoms with Gasteiger partial charge in [-0.2, -0.15) is 5.10 Å².